The van der Waals surface area contributed by atoms with E-state index in [0.29, 0.717) is 10.9 Å². The van der Waals surface area contributed by atoms with E-state index in [2.05, 4.69) is 22.1 Å². The maximum absolute atomic E-state index is 5.83. The van der Waals surface area contributed by atoms with E-state index in [9.17, 15) is 0 Å². The minimum Gasteiger partial charge on any atom is -0.436 e. The molecule has 0 saturated carbocycles. The van der Waals surface area contributed by atoms with Crippen molar-refractivity contribution in [2.75, 3.05) is 0 Å². The molecule has 0 aliphatic heterocycles. The molecular formula is C14H7ClN2O. The summed E-state index contributed by atoms with van der Waals surface area (Å²) in [5.74, 6) is 0. The van der Waals surface area contributed by atoms with Gasteiger partial charge in [-0.3, -0.25) is 0 Å². The van der Waals surface area contributed by atoms with Crippen molar-refractivity contribution < 1.29 is 4.42 Å². The van der Waals surface area contributed by atoms with Crippen molar-refractivity contribution in [3.63, 3.8) is 0 Å². The first kappa shape index (κ1) is 9.85. The summed E-state index contributed by atoms with van der Waals surface area (Å²) in [7, 11) is 0. The molecule has 4 aromatic rings. The molecule has 0 radical (unpaired) electrons. The number of aromatic nitrogens is 2. The zero-order valence-corrected chi connectivity index (χ0v) is 9.98. The third-order valence-electron chi connectivity index (χ3n) is 3.05. The van der Waals surface area contributed by atoms with Crippen molar-refractivity contribution in [3.05, 3.63) is 47.7 Å². The lowest BCUT2D eigenvalue weighted by molar-refractivity contribution is 0.653. The average Bonchev–Trinajstić information content (AvgIpc) is 2.76. The van der Waals surface area contributed by atoms with E-state index in [4.69, 9.17) is 16.0 Å². The number of fused-ring (bicyclic) bond motifs is 5. The molecule has 3 nitrogen and oxygen atoms in total. The maximum atomic E-state index is 5.83. The summed E-state index contributed by atoms with van der Waals surface area (Å²) in [5, 5.41) is 3.60. The first-order chi connectivity index (χ1) is 8.83. The van der Waals surface area contributed by atoms with Gasteiger partial charge in [0.15, 0.2) is 5.15 Å². The van der Waals surface area contributed by atoms with Gasteiger partial charge in [-0.2, -0.15) is 4.98 Å². The molecule has 2 heterocycles. The Balaban J connectivity index is 2.33. The highest BCUT2D eigenvalue weighted by Gasteiger charge is 2.12. The first-order valence-electron chi connectivity index (χ1n) is 5.55. The van der Waals surface area contributed by atoms with E-state index in [1.807, 2.05) is 24.3 Å². The van der Waals surface area contributed by atoms with Gasteiger partial charge in [0.25, 0.3) is 0 Å². The van der Waals surface area contributed by atoms with Gasteiger partial charge >= 0.3 is 0 Å². The van der Waals surface area contributed by atoms with Crippen LogP contribution in [0.2, 0.25) is 5.15 Å². The molecule has 0 bridgehead atoms. The van der Waals surface area contributed by atoms with Crippen LogP contribution in [0.15, 0.2) is 47.0 Å². The largest absolute Gasteiger partial charge is 0.436 e. The van der Waals surface area contributed by atoms with Gasteiger partial charge in [-0.1, -0.05) is 41.9 Å². The van der Waals surface area contributed by atoms with Crippen molar-refractivity contribution in [3.8, 4) is 0 Å². The highest BCUT2D eigenvalue weighted by molar-refractivity contribution is 6.29. The van der Waals surface area contributed by atoms with Gasteiger partial charge in [-0.05, 0) is 16.8 Å². The molecule has 86 valence electrons. The Labute approximate surface area is 107 Å². The summed E-state index contributed by atoms with van der Waals surface area (Å²) in [5.41, 5.74) is 2.02. The Morgan fingerprint density at radius 3 is 2.89 bits per heavy atom. The Morgan fingerprint density at radius 2 is 1.94 bits per heavy atom. The summed E-state index contributed by atoms with van der Waals surface area (Å²) in [4.78, 5) is 8.49. The fourth-order valence-corrected chi connectivity index (χ4v) is 2.41. The van der Waals surface area contributed by atoms with Crippen LogP contribution in [0.5, 0.6) is 0 Å². The van der Waals surface area contributed by atoms with Gasteiger partial charge in [0.2, 0.25) is 5.71 Å². The molecule has 4 heteroatoms. The Kier molecular flexibility index (Phi) is 1.88. The van der Waals surface area contributed by atoms with Crippen LogP contribution in [0.3, 0.4) is 0 Å². The minimum absolute atomic E-state index is 0.339. The lowest BCUT2D eigenvalue weighted by Crippen LogP contribution is -1.80. The molecule has 0 atom stereocenters. The predicted molar refractivity (Wildman–Crippen MR) is 71.8 cm³/mol. The van der Waals surface area contributed by atoms with E-state index in [1.165, 1.54) is 0 Å². The van der Waals surface area contributed by atoms with Gasteiger partial charge in [0, 0.05) is 0 Å². The second kappa shape index (κ2) is 3.43. The second-order valence-electron chi connectivity index (χ2n) is 4.11. The van der Waals surface area contributed by atoms with Gasteiger partial charge in [0.1, 0.15) is 11.1 Å². The number of furan rings is 1. The Hall–Kier alpha value is -2.13. The van der Waals surface area contributed by atoms with Gasteiger partial charge in [0.05, 0.1) is 11.6 Å². The maximum Gasteiger partial charge on any atom is 0.247 e. The Morgan fingerprint density at radius 1 is 1.06 bits per heavy atom. The highest BCUT2D eigenvalue weighted by atomic mass is 35.5. The number of nitrogens with zero attached hydrogens (tertiary/aromatic N) is 2. The summed E-state index contributed by atoms with van der Waals surface area (Å²) in [6, 6.07) is 12.1. The number of hydrogen-bond acceptors (Lipinski definition) is 3. The predicted octanol–water partition coefficient (Wildman–Crippen LogP) is 4.18. The minimum atomic E-state index is 0.339. The van der Waals surface area contributed by atoms with Crippen LogP contribution in [-0.2, 0) is 0 Å². The van der Waals surface area contributed by atoms with Crippen molar-refractivity contribution in [2.24, 2.45) is 0 Å². The second-order valence-corrected chi connectivity index (χ2v) is 4.50. The van der Waals surface area contributed by atoms with Crippen molar-refractivity contribution in [1.29, 1.82) is 0 Å². The van der Waals surface area contributed by atoms with Crippen LogP contribution in [0.4, 0.5) is 0 Å². The summed E-state index contributed by atoms with van der Waals surface area (Å²) >= 11 is 5.83. The number of rotatable bonds is 0. The normalized spacial score (nSPS) is 11.6. The quantitative estimate of drug-likeness (QED) is 0.472. The van der Waals surface area contributed by atoms with Gasteiger partial charge in [-0.25, -0.2) is 4.98 Å². The fraction of sp³-hybridized carbons (Fsp3) is 0. The van der Waals surface area contributed by atoms with Crippen LogP contribution in [0.1, 0.15) is 0 Å². The molecule has 0 fully saturated rings. The molecule has 18 heavy (non-hydrogen) atoms. The zero-order valence-electron chi connectivity index (χ0n) is 9.22. The fourth-order valence-electron chi connectivity index (χ4n) is 2.28. The molecule has 2 aromatic carbocycles. The van der Waals surface area contributed by atoms with Crippen molar-refractivity contribution >= 4 is 44.6 Å². The molecule has 0 aliphatic carbocycles. The first-order valence-corrected chi connectivity index (χ1v) is 5.93. The van der Waals surface area contributed by atoms with Gasteiger partial charge < -0.3 is 4.42 Å². The van der Waals surface area contributed by atoms with E-state index < -0.39 is 0 Å². The monoisotopic (exact) mass is 254 g/mol. The lowest BCUT2D eigenvalue weighted by atomic mass is 10.1. The standard InChI is InChI=1S/C14H7ClN2O/c15-11-7-16-13-12-9-4-2-1-3-8(9)5-6-10(12)18-14(13)17-11/h1-7H. The molecule has 4 rings (SSSR count). The van der Waals surface area contributed by atoms with E-state index in [0.717, 1.165) is 27.3 Å². The molecule has 0 unspecified atom stereocenters. The van der Waals surface area contributed by atoms with Crippen molar-refractivity contribution in [2.45, 2.75) is 0 Å². The van der Waals surface area contributed by atoms with Crippen LogP contribution >= 0.6 is 11.6 Å². The summed E-state index contributed by atoms with van der Waals surface area (Å²) in [6.45, 7) is 0. The SMILES string of the molecule is Clc1cnc2c(n1)oc1ccc3ccccc3c12. The number of hydrogen-bond donors (Lipinski definition) is 0. The summed E-state index contributed by atoms with van der Waals surface area (Å²) < 4.78 is 5.68. The number of benzene rings is 2. The average molecular weight is 255 g/mol. The molecule has 2 aromatic heterocycles. The molecule has 0 N–H and O–H groups in total. The molecule has 0 spiro atoms. The van der Waals surface area contributed by atoms with E-state index in [1.54, 1.807) is 6.20 Å². The van der Waals surface area contributed by atoms with Crippen LogP contribution < -0.4 is 0 Å². The summed E-state index contributed by atoms with van der Waals surface area (Å²) in [6.07, 6.45) is 1.54. The van der Waals surface area contributed by atoms with Gasteiger partial charge in [-0.15, -0.1) is 0 Å². The third-order valence-corrected chi connectivity index (χ3v) is 3.23. The van der Waals surface area contributed by atoms with E-state index in [-0.39, 0.29) is 0 Å². The molecule has 0 amide bonds. The highest BCUT2D eigenvalue weighted by Crippen LogP contribution is 2.32. The third kappa shape index (κ3) is 1.25. The topological polar surface area (TPSA) is 38.9 Å². The van der Waals surface area contributed by atoms with Crippen molar-refractivity contribution in [1.82, 2.24) is 9.97 Å². The molecular weight excluding hydrogens is 248 g/mol. The molecule has 0 saturated heterocycles. The van der Waals surface area contributed by atoms with Crippen LogP contribution in [0, 0.1) is 0 Å². The number of halogens is 1. The van der Waals surface area contributed by atoms with Crippen LogP contribution in [0.25, 0.3) is 33.0 Å². The zero-order chi connectivity index (χ0) is 12.1. The molecule has 0 aliphatic rings. The smallest absolute Gasteiger partial charge is 0.247 e. The lowest BCUT2D eigenvalue weighted by Gasteiger charge is -1.97. The van der Waals surface area contributed by atoms with Crippen LogP contribution in [-0.4, -0.2) is 9.97 Å². The van der Waals surface area contributed by atoms with E-state index >= 15 is 0 Å². The Bertz CT molecular complexity index is 898.